The molecular formula is C15H20N2O3. The molecule has 1 aromatic carbocycles. The second-order valence-electron chi connectivity index (χ2n) is 5.16. The van der Waals surface area contributed by atoms with E-state index in [4.69, 9.17) is 10.5 Å². The van der Waals surface area contributed by atoms with Crippen LogP contribution in [0.3, 0.4) is 0 Å². The lowest BCUT2D eigenvalue weighted by molar-refractivity contribution is -0.138. The number of carbonyl (C=O) groups is 1. The van der Waals surface area contributed by atoms with Gasteiger partial charge in [-0.2, -0.15) is 0 Å². The zero-order valence-corrected chi connectivity index (χ0v) is 12.2. The fourth-order valence-electron chi connectivity index (χ4n) is 2.75. The van der Waals surface area contributed by atoms with Crippen LogP contribution in [0.4, 0.5) is 0 Å². The van der Waals surface area contributed by atoms with E-state index >= 15 is 0 Å². The second kappa shape index (κ2) is 5.17. The predicted octanol–water partition coefficient (Wildman–Crippen LogP) is 2.62. The molecule has 1 unspecified atom stereocenters. The molecule has 0 aliphatic heterocycles. The average Bonchev–Trinajstić information content (AvgIpc) is 2.68. The smallest absolute Gasteiger partial charge is 0.325 e. The van der Waals surface area contributed by atoms with Crippen LogP contribution in [-0.4, -0.2) is 22.8 Å². The number of rotatable bonds is 4. The van der Waals surface area contributed by atoms with Crippen LogP contribution in [0.15, 0.2) is 18.2 Å². The molecule has 0 aliphatic rings. The first-order chi connectivity index (χ1) is 9.38. The SMILES string of the molecule is COc1ccc2c(c1)c(C(N)C(=O)O)c(C)n2C(C)C. The lowest BCUT2D eigenvalue weighted by atomic mass is 10.0. The van der Waals surface area contributed by atoms with Gasteiger partial charge >= 0.3 is 5.97 Å². The van der Waals surface area contributed by atoms with E-state index in [1.807, 2.05) is 25.1 Å². The quantitative estimate of drug-likeness (QED) is 0.900. The van der Waals surface area contributed by atoms with E-state index in [1.54, 1.807) is 7.11 Å². The summed E-state index contributed by atoms with van der Waals surface area (Å²) in [5.41, 5.74) is 8.37. The van der Waals surface area contributed by atoms with Crippen LogP contribution < -0.4 is 10.5 Å². The Morgan fingerprint density at radius 2 is 2.05 bits per heavy atom. The standard InChI is InChI=1S/C15H20N2O3/c1-8(2)17-9(3)13(14(16)15(18)19)11-7-10(20-4)5-6-12(11)17/h5-8,14H,16H2,1-4H3,(H,18,19). The largest absolute Gasteiger partial charge is 0.497 e. The Bertz CT molecular complexity index is 659. The maximum Gasteiger partial charge on any atom is 0.325 e. The first-order valence-corrected chi connectivity index (χ1v) is 6.55. The maximum absolute atomic E-state index is 11.3. The van der Waals surface area contributed by atoms with Gasteiger partial charge in [-0.1, -0.05) is 0 Å². The van der Waals surface area contributed by atoms with Crippen LogP contribution in [0.25, 0.3) is 10.9 Å². The molecule has 0 bridgehead atoms. The minimum Gasteiger partial charge on any atom is -0.497 e. The molecule has 0 radical (unpaired) electrons. The Hall–Kier alpha value is -2.01. The summed E-state index contributed by atoms with van der Waals surface area (Å²) in [7, 11) is 1.59. The molecule has 0 fully saturated rings. The topological polar surface area (TPSA) is 77.5 Å². The number of methoxy groups -OCH3 is 1. The number of ether oxygens (including phenoxy) is 1. The van der Waals surface area contributed by atoms with Gasteiger partial charge in [-0.25, -0.2) is 0 Å². The molecular weight excluding hydrogens is 256 g/mol. The van der Waals surface area contributed by atoms with E-state index in [0.29, 0.717) is 11.3 Å². The molecule has 0 aliphatic carbocycles. The highest BCUT2D eigenvalue weighted by molar-refractivity contribution is 5.92. The number of hydrogen-bond donors (Lipinski definition) is 2. The molecule has 1 aromatic heterocycles. The lowest BCUT2D eigenvalue weighted by Crippen LogP contribution is -2.21. The van der Waals surface area contributed by atoms with Crippen LogP contribution in [-0.2, 0) is 4.79 Å². The van der Waals surface area contributed by atoms with E-state index < -0.39 is 12.0 Å². The van der Waals surface area contributed by atoms with E-state index in [2.05, 4.69) is 18.4 Å². The van der Waals surface area contributed by atoms with E-state index in [-0.39, 0.29) is 6.04 Å². The number of carboxylic acid groups (broad SMARTS) is 1. The lowest BCUT2D eigenvalue weighted by Gasteiger charge is -2.13. The van der Waals surface area contributed by atoms with Crippen LogP contribution in [0.1, 0.15) is 37.2 Å². The zero-order valence-electron chi connectivity index (χ0n) is 12.2. The van der Waals surface area contributed by atoms with Gasteiger partial charge in [0.25, 0.3) is 0 Å². The molecule has 0 spiro atoms. The van der Waals surface area contributed by atoms with Crippen LogP contribution in [0.5, 0.6) is 5.75 Å². The van der Waals surface area contributed by atoms with Gasteiger partial charge in [0.1, 0.15) is 11.8 Å². The minimum absolute atomic E-state index is 0.223. The number of fused-ring (bicyclic) bond motifs is 1. The Morgan fingerprint density at radius 3 is 2.55 bits per heavy atom. The summed E-state index contributed by atoms with van der Waals surface area (Å²) in [6.45, 7) is 6.03. The van der Waals surface area contributed by atoms with E-state index in [0.717, 1.165) is 16.6 Å². The molecule has 2 aromatic rings. The molecule has 1 atom stereocenters. The van der Waals surface area contributed by atoms with Gasteiger partial charge in [-0.05, 0) is 39.0 Å². The summed E-state index contributed by atoms with van der Waals surface area (Å²) in [6, 6.07) is 4.85. The number of nitrogens with two attached hydrogens (primary N) is 1. The number of aromatic nitrogens is 1. The van der Waals surface area contributed by atoms with Crippen molar-refractivity contribution in [1.29, 1.82) is 0 Å². The van der Waals surface area contributed by atoms with Crippen molar-refractivity contribution in [3.05, 3.63) is 29.5 Å². The van der Waals surface area contributed by atoms with Gasteiger partial charge in [0.2, 0.25) is 0 Å². The monoisotopic (exact) mass is 276 g/mol. The summed E-state index contributed by atoms with van der Waals surface area (Å²) < 4.78 is 7.33. The number of benzene rings is 1. The van der Waals surface area contributed by atoms with Crippen molar-refractivity contribution in [2.75, 3.05) is 7.11 Å². The molecule has 0 saturated carbocycles. The summed E-state index contributed by atoms with van der Waals surface area (Å²) in [5.74, 6) is -0.337. The van der Waals surface area contributed by atoms with E-state index in [1.165, 1.54) is 0 Å². The van der Waals surface area contributed by atoms with Gasteiger partial charge in [-0.3, -0.25) is 4.79 Å². The first kappa shape index (κ1) is 14.4. The molecule has 1 heterocycles. The fourth-order valence-corrected chi connectivity index (χ4v) is 2.75. The maximum atomic E-state index is 11.3. The number of nitrogens with zero attached hydrogens (tertiary/aromatic N) is 1. The Morgan fingerprint density at radius 1 is 1.40 bits per heavy atom. The van der Waals surface area contributed by atoms with Crippen LogP contribution in [0.2, 0.25) is 0 Å². The van der Waals surface area contributed by atoms with Gasteiger partial charge in [0.15, 0.2) is 0 Å². The first-order valence-electron chi connectivity index (χ1n) is 6.55. The number of aliphatic carboxylic acids is 1. The third-order valence-corrected chi connectivity index (χ3v) is 3.60. The van der Waals surface area contributed by atoms with Crippen LogP contribution >= 0.6 is 0 Å². The van der Waals surface area contributed by atoms with Crippen molar-refractivity contribution in [3.63, 3.8) is 0 Å². The highest BCUT2D eigenvalue weighted by Gasteiger charge is 2.25. The third kappa shape index (κ3) is 2.14. The highest BCUT2D eigenvalue weighted by Crippen LogP contribution is 2.34. The van der Waals surface area contributed by atoms with Crippen molar-refractivity contribution in [2.45, 2.75) is 32.9 Å². The van der Waals surface area contributed by atoms with Gasteiger partial charge < -0.3 is 20.1 Å². The molecule has 0 saturated heterocycles. The molecule has 2 rings (SSSR count). The van der Waals surface area contributed by atoms with Crippen molar-refractivity contribution in [3.8, 4) is 5.75 Å². The average molecular weight is 276 g/mol. The summed E-state index contributed by atoms with van der Waals surface area (Å²) >= 11 is 0. The number of hydrogen-bond acceptors (Lipinski definition) is 3. The minimum atomic E-state index is -1.04. The van der Waals surface area contributed by atoms with Gasteiger partial charge in [-0.15, -0.1) is 0 Å². The second-order valence-corrected chi connectivity index (χ2v) is 5.16. The number of carboxylic acids is 1. The van der Waals surface area contributed by atoms with Gasteiger partial charge in [0.05, 0.1) is 7.11 Å². The van der Waals surface area contributed by atoms with Crippen molar-refractivity contribution >= 4 is 16.9 Å². The summed E-state index contributed by atoms with van der Waals surface area (Å²) in [4.78, 5) is 11.3. The van der Waals surface area contributed by atoms with Crippen LogP contribution in [0, 0.1) is 6.92 Å². The molecule has 5 nitrogen and oxygen atoms in total. The molecule has 5 heteroatoms. The molecule has 108 valence electrons. The van der Waals surface area contributed by atoms with Gasteiger partial charge in [0, 0.05) is 28.2 Å². The molecule has 0 amide bonds. The summed E-state index contributed by atoms with van der Waals surface area (Å²) in [6.07, 6.45) is 0. The van der Waals surface area contributed by atoms with Crippen molar-refractivity contribution in [2.24, 2.45) is 5.73 Å². The molecule has 3 N–H and O–H groups in total. The Labute approximate surface area is 117 Å². The predicted molar refractivity (Wildman–Crippen MR) is 78.2 cm³/mol. The van der Waals surface area contributed by atoms with Crippen molar-refractivity contribution < 1.29 is 14.6 Å². The van der Waals surface area contributed by atoms with Crippen molar-refractivity contribution in [1.82, 2.24) is 4.57 Å². The third-order valence-electron chi connectivity index (χ3n) is 3.60. The summed E-state index contributed by atoms with van der Waals surface area (Å²) in [5, 5.41) is 10.1. The van der Waals surface area contributed by atoms with E-state index in [9.17, 15) is 9.90 Å². The normalized spacial score (nSPS) is 12.9. The highest BCUT2D eigenvalue weighted by atomic mass is 16.5. The zero-order chi connectivity index (χ0) is 15.0. The fraction of sp³-hybridized carbons (Fsp3) is 0.400. The Kier molecular flexibility index (Phi) is 3.72. The molecule has 20 heavy (non-hydrogen) atoms. The Balaban J connectivity index is 2.83.